The fraction of sp³-hybridized carbons (Fsp3) is 0.200. The van der Waals surface area contributed by atoms with Crippen molar-refractivity contribution in [3.63, 3.8) is 0 Å². The van der Waals surface area contributed by atoms with Gasteiger partial charge in [-0.15, -0.1) is 21.5 Å². The van der Waals surface area contributed by atoms with E-state index in [9.17, 15) is 4.39 Å². The Balaban J connectivity index is 1.61. The summed E-state index contributed by atoms with van der Waals surface area (Å²) in [6.07, 6.45) is 2.69. The van der Waals surface area contributed by atoms with E-state index in [0.29, 0.717) is 11.3 Å². The van der Waals surface area contributed by atoms with Gasteiger partial charge in [-0.3, -0.25) is 0 Å². The van der Waals surface area contributed by atoms with Crippen LogP contribution in [-0.2, 0) is 18.7 Å². The molecule has 0 aliphatic heterocycles. The molecule has 0 saturated heterocycles. The Morgan fingerprint density at radius 2 is 2.10 bits per heavy atom. The summed E-state index contributed by atoms with van der Waals surface area (Å²) in [5.74, 6) is 0.388. The summed E-state index contributed by atoms with van der Waals surface area (Å²) in [5.41, 5.74) is 0.690. The van der Waals surface area contributed by atoms with Crippen LogP contribution in [-0.4, -0.2) is 14.8 Å². The second-order valence-corrected chi connectivity index (χ2v) is 6.49. The largest absolute Gasteiger partial charge is 0.308 e. The predicted octanol–water partition coefficient (Wildman–Crippen LogP) is 4.01. The lowest BCUT2D eigenvalue weighted by Crippen LogP contribution is -2.01. The van der Waals surface area contributed by atoms with Crippen LogP contribution in [0.5, 0.6) is 0 Å². The zero-order chi connectivity index (χ0) is 14.5. The topological polar surface area (TPSA) is 30.7 Å². The van der Waals surface area contributed by atoms with Crippen molar-refractivity contribution in [1.29, 1.82) is 0 Å². The van der Waals surface area contributed by atoms with Gasteiger partial charge in [0, 0.05) is 17.2 Å². The first-order chi connectivity index (χ1) is 10.3. The van der Waals surface area contributed by atoms with Gasteiger partial charge < -0.3 is 4.57 Å². The Morgan fingerprint density at radius 1 is 1.19 bits per heavy atom. The summed E-state index contributed by atoms with van der Waals surface area (Å²) >= 11 is 3.26. The Morgan fingerprint density at radius 3 is 2.90 bits per heavy atom. The van der Waals surface area contributed by atoms with Crippen LogP contribution in [0, 0.1) is 5.82 Å². The first-order valence-corrected chi connectivity index (χ1v) is 8.46. The molecule has 0 aliphatic carbocycles. The van der Waals surface area contributed by atoms with Gasteiger partial charge in [-0.1, -0.05) is 36.0 Å². The maximum atomic E-state index is 13.6. The smallest absolute Gasteiger partial charge is 0.191 e. The fourth-order valence-corrected chi connectivity index (χ4v) is 3.58. The minimum absolute atomic E-state index is 0.172. The van der Waals surface area contributed by atoms with Crippen molar-refractivity contribution in [2.75, 3.05) is 0 Å². The molecular formula is C15H14FN3S2. The standard InChI is InChI=1S/C15H14FN3S2/c16-14-6-2-1-4-12(14)10-21-15-18-17-11-19(15)8-7-13-5-3-9-20-13/h1-6,9,11H,7-8,10H2. The quantitative estimate of drug-likeness (QED) is 0.643. The highest BCUT2D eigenvalue weighted by atomic mass is 32.2. The second-order valence-electron chi connectivity index (χ2n) is 4.52. The number of hydrogen-bond acceptors (Lipinski definition) is 4. The molecule has 3 nitrogen and oxygen atoms in total. The van der Waals surface area contributed by atoms with Crippen molar-refractivity contribution in [3.8, 4) is 0 Å². The van der Waals surface area contributed by atoms with Gasteiger partial charge in [-0.05, 0) is 29.5 Å². The van der Waals surface area contributed by atoms with Crippen LogP contribution in [0.2, 0.25) is 0 Å². The molecule has 0 aliphatic rings. The first kappa shape index (κ1) is 14.3. The summed E-state index contributed by atoms with van der Waals surface area (Å²) in [4.78, 5) is 1.34. The van der Waals surface area contributed by atoms with Crippen LogP contribution >= 0.6 is 23.1 Å². The van der Waals surface area contributed by atoms with Crippen LogP contribution in [0.3, 0.4) is 0 Å². The van der Waals surface area contributed by atoms with Gasteiger partial charge in [0.15, 0.2) is 5.16 Å². The van der Waals surface area contributed by atoms with E-state index in [2.05, 4.69) is 27.7 Å². The molecule has 0 amide bonds. The third kappa shape index (κ3) is 3.71. The van der Waals surface area contributed by atoms with Crippen molar-refractivity contribution in [2.24, 2.45) is 0 Å². The molecule has 1 aromatic carbocycles. The molecular weight excluding hydrogens is 305 g/mol. The molecule has 0 bridgehead atoms. The van der Waals surface area contributed by atoms with E-state index in [1.807, 2.05) is 10.6 Å². The summed E-state index contributed by atoms with van der Waals surface area (Å²) in [6, 6.07) is 11.0. The molecule has 0 radical (unpaired) electrons. The molecule has 2 heterocycles. The first-order valence-electron chi connectivity index (χ1n) is 6.59. The number of aryl methyl sites for hydroxylation is 2. The van der Waals surface area contributed by atoms with Gasteiger partial charge in [0.1, 0.15) is 12.1 Å². The lowest BCUT2D eigenvalue weighted by molar-refractivity contribution is 0.616. The van der Waals surface area contributed by atoms with Gasteiger partial charge in [0.2, 0.25) is 0 Å². The zero-order valence-electron chi connectivity index (χ0n) is 11.3. The normalized spacial score (nSPS) is 10.9. The molecule has 3 aromatic rings. The number of rotatable bonds is 6. The van der Waals surface area contributed by atoms with Crippen LogP contribution < -0.4 is 0 Å². The molecule has 0 unspecified atom stereocenters. The van der Waals surface area contributed by atoms with Gasteiger partial charge in [0.05, 0.1) is 0 Å². The molecule has 21 heavy (non-hydrogen) atoms. The van der Waals surface area contributed by atoms with Gasteiger partial charge in [-0.25, -0.2) is 4.39 Å². The summed E-state index contributed by atoms with van der Waals surface area (Å²) in [6.45, 7) is 0.840. The van der Waals surface area contributed by atoms with Crippen molar-refractivity contribution in [1.82, 2.24) is 14.8 Å². The van der Waals surface area contributed by atoms with E-state index in [-0.39, 0.29) is 5.82 Å². The van der Waals surface area contributed by atoms with Gasteiger partial charge in [-0.2, -0.15) is 0 Å². The van der Waals surface area contributed by atoms with E-state index in [4.69, 9.17) is 0 Å². The zero-order valence-corrected chi connectivity index (χ0v) is 12.9. The fourth-order valence-electron chi connectivity index (χ4n) is 1.95. The molecule has 0 N–H and O–H groups in total. The Labute approximate surface area is 130 Å². The molecule has 0 fully saturated rings. The monoisotopic (exact) mass is 319 g/mol. The van der Waals surface area contributed by atoms with Crippen LogP contribution in [0.4, 0.5) is 4.39 Å². The number of benzene rings is 1. The van der Waals surface area contributed by atoms with E-state index < -0.39 is 0 Å². The van der Waals surface area contributed by atoms with E-state index in [1.54, 1.807) is 29.8 Å². The number of hydrogen-bond donors (Lipinski definition) is 0. The average molecular weight is 319 g/mol. The number of aromatic nitrogens is 3. The summed E-state index contributed by atoms with van der Waals surface area (Å²) < 4.78 is 15.6. The highest BCUT2D eigenvalue weighted by molar-refractivity contribution is 7.98. The highest BCUT2D eigenvalue weighted by Gasteiger charge is 2.08. The molecule has 0 saturated carbocycles. The van der Waals surface area contributed by atoms with Crippen molar-refractivity contribution in [2.45, 2.75) is 23.9 Å². The Hall–Kier alpha value is -1.66. The Kier molecular flexibility index (Phi) is 4.67. The third-order valence-corrected chi connectivity index (χ3v) is 5.04. The number of thiophene rings is 1. The van der Waals surface area contributed by atoms with Crippen LogP contribution in [0.1, 0.15) is 10.4 Å². The molecule has 6 heteroatoms. The minimum Gasteiger partial charge on any atom is -0.308 e. The molecule has 3 rings (SSSR count). The number of thioether (sulfide) groups is 1. The maximum Gasteiger partial charge on any atom is 0.191 e. The maximum absolute atomic E-state index is 13.6. The highest BCUT2D eigenvalue weighted by Crippen LogP contribution is 2.22. The predicted molar refractivity (Wildman–Crippen MR) is 84.0 cm³/mol. The van der Waals surface area contributed by atoms with Crippen LogP contribution in [0.15, 0.2) is 53.3 Å². The second kappa shape index (κ2) is 6.87. The van der Waals surface area contributed by atoms with Crippen molar-refractivity contribution >= 4 is 23.1 Å². The van der Waals surface area contributed by atoms with E-state index in [1.165, 1.54) is 22.7 Å². The number of nitrogens with zero attached hydrogens (tertiary/aromatic N) is 3. The van der Waals surface area contributed by atoms with Crippen molar-refractivity contribution in [3.05, 3.63) is 64.4 Å². The molecule has 2 aromatic heterocycles. The van der Waals surface area contributed by atoms with Gasteiger partial charge in [0.25, 0.3) is 0 Å². The SMILES string of the molecule is Fc1ccccc1CSc1nncn1CCc1cccs1. The summed E-state index contributed by atoms with van der Waals surface area (Å²) in [7, 11) is 0. The lowest BCUT2D eigenvalue weighted by Gasteiger charge is -2.06. The lowest BCUT2D eigenvalue weighted by atomic mass is 10.2. The minimum atomic E-state index is -0.172. The third-order valence-electron chi connectivity index (χ3n) is 3.07. The molecule has 0 spiro atoms. The van der Waals surface area contributed by atoms with E-state index >= 15 is 0 Å². The molecule has 0 atom stereocenters. The van der Waals surface area contributed by atoms with E-state index in [0.717, 1.165) is 18.1 Å². The van der Waals surface area contributed by atoms with Crippen molar-refractivity contribution < 1.29 is 4.39 Å². The van der Waals surface area contributed by atoms with Crippen LogP contribution in [0.25, 0.3) is 0 Å². The average Bonchev–Trinajstić information content (AvgIpc) is 3.16. The molecule has 108 valence electrons. The number of halogens is 1. The Bertz CT molecular complexity index is 695. The summed E-state index contributed by atoms with van der Waals surface area (Å²) in [5, 5.41) is 11.0. The van der Waals surface area contributed by atoms with Gasteiger partial charge >= 0.3 is 0 Å².